The fourth-order valence-corrected chi connectivity index (χ4v) is 6.31. The summed E-state index contributed by atoms with van der Waals surface area (Å²) in [7, 11) is 0. The number of rotatable bonds is 7. The number of amides is 1. The number of benzene rings is 2. The molecular weight excluding hydrogens is 492 g/mol. The van der Waals surface area contributed by atoms with Gasteiger partial charge in [0, 0.05) is 66.8 Å². The lowest BCUT2D eigenvalue weighted by molar-refractivity contribution is -0.112. The molecule has 0 bridgehead atoms. The third kappa shape index (κ3) is 5.17. The highest BCUT2D eigenvalue weighted by molar-refractivity contribution is 7.09. The minimum Gasteiger partial charge on any atom is -0.369 e. The summed E-state index contributed by atoms with van der Waals surface area (Å²) in [5.41, 5.74) is 5.21. The minimum absolute atomic E-state index is 0.483. The van der Waals surface area contributed by atoms with E-state index in [-0.39, 0.29) is 0 Å². The minimum atomic E-state index is -0.594. The average Bonchev–Trinajstić information content (AvgIpc) is 3.62. The summed E-state index contributed by atoms with van der Waals surface area (Å²) in [6.45, 7) is 5.77. The summed E-state index contributed by atoms with van der Waals surface area (Å²) in [5, 5.41) is 4.98. The van der Waals surface area contributed by atoms with Crippen LogP contribution < -0.4 is 10.2 Å². The largest absolute Gasteiger partial charge is 0.369 e. The van der Waals surface area contributed by atoms with Crippen LogP contribution in [0.25, 0.3) is 11.1 Å². The van der Waals surface area contributed by atoms with E-state index in [1.165, 1.54) is 4.88 Å². The van der Waals surface area contributed by atoms with Crippen molar-refractivity contribution in [3.05, 3.63) is 94.4 Å². The summed E-state index contributed by atoms with van der Waals surface area (Å²) in [6, 6.07) is 24.1. The molecule has 0 saturated carbocycles. The summed E-state index contributed by atoms with van der Waals surface area (Å²) in [5.74, 6) is -1.08. The molecule has 6 rings (SSSR count). The maximum atomic E-state index is 13.5. The van der Waals surface area contributed by atoms with Gasteiger partial charge in [-0.3, -0.25) is 14.5 Å². The Bertz CT molecular complexity index is 1400. The Morgan fingerprint density at radius 1 is 0.842 bits per heavy atom. The number of fused-ring (bicyclic) bond motifs is 1. The first-order chi connectivity index (χ1) is 18.7. The highest BCUT2D eigenvalue weighted by Gasteiger charge is 2.28. The van der Waals surface area contributed by atoms with E-state index < -0.39 is 11.7 Å². The Labute approximate surface area is 227 Å². The number of thiophene rings is 1. The average molecular weight is 525 g/mol. The van der Waals surface area contributed by atoms with Gasteiger partial charge >= 0.3 is 0 Å². The molecule has 0 unspecified atom stereocenters. The van der Waals surface area contributed by atoms with E-state index in [1.54, 1.807) is 0 Å². The zero-order valence-electron chi connectivity index (χ0n) is 21.4. The first-order valence-electron chi connectivity index (χ1n) is 13.4. The number of hydrogen-bond acceptors (Lipinski definition) is 5. The van der Waals surface area contributed by atoms with E-state index in [0.29, 0.717) is 11.4 Å². The second kappa shape index (κ2) is 11.0. The van der Waals surface area contributed by atoms with Crippen LogP contribution in [0.4, 0.5) is 11.4 Å². The van der Waals surface area contributed by atoms with Gasteiger partial charge in [0.15, 0.2) is 0 Å². The third-order valence-electron chi connectivity index (χ3n) is 7.58. The number of anilines is 2. The SMILES string of the molecule is O=C(Nc1ccc(N2CCN(Cc3cccs3)CC2)cc1)C(=O)c1c(-c2ccccc2)cc2n1CCCC2. The van der Waals surface area contributed by atoms with Crippen LogP contribution in [0, 0.1) is 0 Å². The Kier molecular flexibility index (Phi) is 7.12. The molecule has 1 saturated heterocycles. The molecule has 4 heterocycles. The van der Waals surface area contributed by atoms with Crippen molar-refractivity contribution in [2.75, 3.05) is 36.4 Å². The zero-order valence-corrected chi connectivity index (χ0v) is 22.3. The normalized spacial score (nSPS) is 15.7. The molecule has 6 nitrogen and oxygen atoms in total. The van der Waals surface area contributed by atoms with Crippen molar-refractivity contribution in [3.63, 3.8) is 0 Å². The van der Waals surface area contributed by atoms with E-state index in [9.17, 15) is 9.59 Å². The van der Waals surface area contributed by atoms with Crippen molar-refractivity contribution in [2.24, 2.45) is 0 Å². The van der Waals surface area contributed by atoms with E-state index >= 15 is 0 Å². The van der Waals surface area contributed by atoms with Gasteiger partial charge in [-0.1, -0.05) is 36.4 Å². The van der Waals surface area contributed by atoms with Gasteiger partial charge in [-0.05, 0) is 66.6 Å². The van der Waals surface area contributed by atoms with E-state index in [2.05, 4.69) is 43.3 Å². The summed E-state index contributed by atoms with van der Waals surface area (Å²) in [6.07, 6.45) is 3.05. The van der Waals surface area contributed by atoms with Crippen LogP contribution >= 0.6 is 11.3 Å². The molecular formula is C31H32N4O2S. The number of ketones is 1. The van der Waals surface area contributed by atoms with Crippen molar-refractivity contribution in [1.29, 1.82) is 0 Å². The second-order valence-corrected chi connectivity index (χ2v) is 11.1. The predicted octanol–water partition coefficient (Wildman–Crippen LogP) is 5.70. The van der Waals surface area contributed by atoms with Crippen LogP contribution in [-0.4, -0.2) is 47.3 Å². The number of hydrogen-bond donors (Lipinski definition) is 1. The first kappa shape index (κ1) is 24.6. The van der Waals surface area contributed by atoms with Crippen molar-refractivity contribution in [3.8, 4) is 11.1 Å². The van der Waals surface area contributed by atoms with Gasteiger partial charge < -0.3 is 14.8 Å². The molecule has 2 aromatic heterocycles. The molecule has 38 heavy (non-hydrogen) atoms. The van der Waals surface area contributed by atoms with Crippen LogP contribution in [-0.2, 0) is 24.3 Å². The number of Topliss-reactive ketones (excluding diaryl/α,β-unsaturated/α-hetero) is 1. The Morgan fingerprint density at radius 3 is 2.37 bits per heavy atom. The molecule has 0 aliphatic carbocycles. The molecule has 0 radical (unpaired) electrons. The number of nitrogens with one attached hydrogen (secondary N) is 1. The molecule has 1 N–H and O–H groups in total. The summed E-state index contributed by atoms with van der Waals surface area (Å²) in [4.78, 5) is 32.9. The molecule has 2 aliphatic rings. The lowest BCUT2D eigenvalue weighted by Crippen LogP contribution is -2.45. The smallest absolute Gasteiger partial charge is 0.298 e. The predicted molar refractivity (Wildman–Crippen MR) is 154 cm³/mol. The van der Waals surface area contributed by atoms with Gasteiger partial charge in [0.05, 0.1) is 0 Å². The molecule has 0 atom stereocenters. The zero-order chi connectivity index (χ0) is 25.9. The van der Waals surface area contributed by atoms with Crippen molar-refractivity contribution < 1.29 is 9.59 Å². The van der Waals surface area contributed by atoms with Gasteiger partial charge in [-0.2, -0.15) is 0 Å². The molecule has 2 aliphatic heterocycles. The van der Waals surface area contributed by atoms with E-state index in [1.807, 2.05) is 65.9 Å². The fraction of sp³-hybridized carbons (Fsp3) is 0.290. The van der Waals surface area contributed by atoms with Crippen LogP contribution in [0.3, 0.4) is 0 Å². The highest BCUT2D eigenvalue weighted by Crippen LogP contribution is 2.31. The van der Waals surface area contributed by atoms with Crippen LogP contribution in [0.15, 0.2) is 78.2 Å². The lowest BCUT2D eigenvalue weighted by atomic mass is 10.0. The topological polar surface area (TPSA) is 57.6 Å². The summed E-state index contributed by atoms with van der Waals surface area (Å²) < 4.78 is 2.05. The number of piperazine rings is 1. The van der Waals surface area contributed by atoms with Crippen LogP contribution in [0.1, 0.15) is 33.9 Å². The Hall–Kier alpha value is -3.68. The van der Waals surface area contributed by atoms with Crippen LogP contribution in [0.5, 0.6) is 0 Å². The number of carbonyl (C=O) groups excluding carboxylic acids is 2. The molecule has 0 spiro atoms. The van der Waals surface area contributed by atoms with Gasteiger partial charge in [-0.15, -0.1) is 11.3 Å². The fourth-order valence-electron chi connectivity index (χ4n) is 5.56. The monoisotopic (exact) mass is 524 g/mol. The van der Waals surface area contributed by atoms with Crippen molar-refractivity contribution in [1.82, 2.24) is 9.47 Å². The number of nitrogens with zero attached hydrogens (tertiary/aromatic N) is 3. The van der Waals surface area contributed by atoms with E-state index in [4.69, 9.17) is 0 Å². The number of aryl methyl sites for hydroxylation is 1. The summed E-state index contributed by atoms with van der Waals surface area (Å²) >= 11 is 1.81. The van der Waals surface area contributed by atoms with Crippen molar-refractivity contribution >= 4 is 34.4 Å². The number of aromatic nitrogens is 1. The molecule has 7 heteroatoms. The Morgan fingerprint density at radius 2 is 1.63 bits per heavy atom. The molecule has 2 aromatic carbocycles. The molecule has 1 amide bonds. The quantitative estimate of drug-likeness (QED) is 0.249. The second-order valence-electron chi connectivity index (χ2n) is 10.0. The van der Waals surface area contributed by atoms with Crippen LogP contribution in [0.2, 0.25) is 0 Å². The number of carbonyl (C=O) groups is 2. The molecule has 1 fully saturated rings. The van der Waals surface area contributed by atoms with Gasteiger partial charge in [0.25, 0.3) is 11.7 Å². The van der Waals surface area contributed by atoms with Crippen molar-refractivity contribution in [2.45, 2.75) is 32.4 Å². The molecule has 194 valence electrons. The maximum absolute atomic E-state index is 13.5. The van der Waals surface area contributed by atoms with Gasteiger partial charge in [0.2, 0.25) is 0 Å². The van der Waals surface area contributed by atoms with Gasteiger partial charge in [-0.25, -0.2) is 0 Å². The molecule has 4 aromatic rings. The highest BCUT2D eigenvalue weighted by atomic mass is 32.1. The third-order valence-corrected chi connectivity index (χ3v) is 8.44. The first-order valence-corrected chi connectivity index (χ1v) is 14.3. The standard InChI is InChI=1S/C31H32N4O2S/c36-30(29-28(23-7-2-1-3-8-23)21-26-9-4-5-15-35(26)29)31(37)32-24-11-13-25(14-12-24)34-18-16-33(17-19-34)22-27-10-6-20-38-27/h1-3,6-8,10-14,20-21H,4-5,9,15-19,22H2,(H,32,37). The van der Waals surface area contributed by atoms with E-state index in [0.717, 1.165) is 81.0 Å². The Balaban J connectivity index is 1.12. The van der Waals surface area contributed by atoms with Gasteiger partial charge in [0.1, 0.15) is 5.69 Å². The lowest BCUT2D eigenvalue weighted by Gasteiger charge is -2.36. The maximum Gasteiger partial charge on any atom is 0.298 e.